The van der Waals surface area contributed by atoms with Gasteiger partial charge in [-0.2, -0.15) is 5.10 Å². The van der Waals surface area contributed by atoms with E-state index in [1.54, 1.807) is 6.07 Å². The predicted molar refractivity (Wildman–Crippen MR) is 77.8 cm³/mol. The number of hydrazine groups is 1. The van der Waals surface area contributed by atoms with Crippen LogP contribution in [0.1, 0.15) is 37.2 Å². The fourth-order valence-corrected chi connectivity index (χ4v) is 2.32. The maximum Gasteiger partial charge on any atom is 0.124 e. The minimum absolute atomic E-state index is 0.210. The second-order valence-electron chi connectivity index (χ2n) is 4.97. The van der Waals surface area contributed by atoms with Gasteiger partial charge in [0.05, 0.1) is 11.7 Å². The van der Waals surface area contributed by atoms with Crippen LogP contribution in [0.15, 0.2) is 30.5 Å². The van der Waals surface area contributed by atoms with Crippen molar-refractivity contribution >= 4 is 11.6 Å². The monoisotopic (exact) mass is 296 g/mol. The lowest BCUT2D eigenvalue weighted by molar-refractivity contribution is 0.506. The van der Waals surface area contributed by atoms with Crippen LogP contribution < -0.4 is 11.3 Å². The van der Waals surface area contributed by atoms with E-state index in [-0.39, 0.29) is 11.9 Å². The van der Waals surface area contributed by atoms with Gasteiger partial charge in [-0.15, -0.1) is 0 Å². The zero-order valence-electron chi connectivity index (χ0n) is 11.5. The molecule has 1 aromatic carbocycles. The van der Waals surface area contributed by atoms with Crippen LogP contribution in [-0.4, -0.2) is 9.78 Å². The molecule has 20 heavy (non-hydrogen) atoms. The van der Waals surface area contributed by atoms with Crippen molar-refractivity contribution < 1.29 is 4.39 Å². The van der Waals surface area contributed by atoms with Gasteiger partial charge in [-0.1, -0.05) is 17.7 Å². The molecule has 0 saturated carbocycles. The maximum atomic E-state index is 13.1. The second-order valence-corrected chi connectivity index (χ2v) is 5.38. The van der Waals surface area contributed by atoms with Crippen LogP contribution in [0, 0.1) is 5.82 Å². The van der Waals surface area contributed by atoms with Gasteiger partial charge in [0.2, 0.25) is 0 Å². The summed E-state index contributed by atoms with van der Waals surface area (Å²) in [7, 11) is 0. The standard InChI is InChI=1S/C14H18ClFN4/c1-9(2)20-6-5-11(19-20)8-14(18-17)12-4-3-10(16)7-13(12)15/h3-7,9,14,18H,8,17H2,1-2H3. The van der Waals surface area contributed by atoms with Crippen LogP contribution in [0.25, 0.3) is 0 Å². The van der Waals surface area contributed by atoms with Crippen molar-refractivity contribution in [2.45, 2.75) is 32.4 Å². The van der Waals surface area contributed by atoms with Crippen molar-refractivity contribution in [3.63, 3.8) is 0 Å². The molecule has 0 aliphatic carbocycles. The van der Waals surface area contributed by atoms with Gasteiger partial charge in [0.25, 0.3) is 0 Å². The number of nitrogens with two attached hydrogens (primary N) is 1. The Kier molecular flexibility index (Phi) is 4.75. The largest absolute Gasteiger partial charge is 0.271 e. The molecule has 1 unspecified atom stereocenters. The van der Waals surface area contributed by atoms with Gasteiger partial charge < -0.3 is 0 Å². The Balaban J connectivity index is 2.19. The number of aromatic nitrogens is 2. The molecule has 1 heterocycles. The Morgan fingerprint density at radius 2 is 2.15 bits per heavy atom. The molecule has 1 aromatic heterocycles. The molecule has 0 bridgehead atoms. The minimum atomic E-state index is -0.362. The Bertz CT molecular complexity index is 582. The third kappa shape index (κ3) is 3.36. The van der Waals surface area contributed by atoms with Crippen LogP contribution in [0.4, 0.5) is 4.39 Å². The van der Waals surface area contributed by atoms with Crippen molar-refractivity contribution in [2.75, 3.05) is 0 Å². The first-order valence-corrected chi connectivity index (χ1v) is 6.84. The predicted octanol–water partition coefficient (Wildman–Crippen LogP) is 3.00. The fourth-order valence-electron chi connectivity index (χ4n) is 2.03. The van der Waals surface area contributed by atoms with Gasteiger partial charge in [0, 0.05) is 23.7 Å². The SMILES string of the molecule is CC(C)n1ccc(CC(NN)c2ccc(F)cc2Cl)n1. The summed E-state index contributed by atoms with van der Waals surface area (Å²) in [6, 6.07) is 6.34. The number of nitrogens with zero attached hydrogens (tertiary/aromatic N) is 2. The highest BCUT2D eigenvalue weighted by Gasteiger charge is 2.16. The molecule has 0 amide bonds. The lowest BCUT2D eigenvalue weighted by Gasteiger charge is -2.16. The average molecular weight is 297 g/mol. The third-order valence-electron chi connectivity index (χ3n) is 3.15. The minimum Gasteiger partial charge on any atom is -0.271 e. The van der Waals surface area contributed by atoms with E-state index in [0.717, 1.165) is 11.3 Å². The van der Waals surface area contributed by atoms with Gasteiger partial charge in [-0.25, -0.2) is 4.39 Å². The van der Waals surface area contributed by atoms with Gasteiger partial charge in [-0.05, 0) is 37.6 Å². The molecule has 6 heteroatoms. The lowest BCUT2D eigenvalue weighted by atomic mass is 10.0. The average Bonchev–Trinajstić information content (AvgIpc) is 2.85. The van der Waals surface area contributed by atoms with Crippen LogP contribution in [-0.2, 0) is 6.42 Å². The lowest BCUT2D eigenvalue weighted by Crippen LogP contribution is -2.30. The Hall–Kier alpha value is -1.43. The highest BCUT2D eigenvalue weighted by molar-refractivity contribution is 6.31. The Labute approximate surface area is 122 Å². The highest BCUT2D eigenvalue weighted by Crippen LogP contribution is 2.25. The summed E-state index contributed by atoms with van der Waals surface area (Å²) in [5, 5.41) is 4.83. The molecule has 2 aromatic rings. The van der Waals surface area contributed by atoms with Crippen molar-refractivity contribution in [3.8, 4) is 0 Å². The molecule has 3 N–H and O–H groups in total. The first-order valence-electron chi connectivity index (χ1n) is 6.46. The van der Waals surface area contributed by atoms with Crippen LogP contribution in [0.3, 0.4) is 0 Å². The van der Waals surface area contributed by atoms with Crippen molar-refractivity contribution in [3.05, 3.63) is 52.6 Å². The summed E-state index contributed by atoms with van der Waals surface area (Å²) in [4.78, 5) is 0. The summed E-state index contributed by atoms with van der Waals surface area (Å²) in [6.45, 7) is 4.12. The van der Waals surface area contributed by atoms with Crippen molar-refractivity contribution in [2.24, 2.45) is 5.84 Å². The summed E-state index contributed by atoms with van der Waals surface area (Å²) in [5.41, 5.74) is 4.37. The smallest absolute Gasteiger partial charge is 0.124 e. The normalized spacial score (nSPS) is 12.9. The number of hydrogen-bond acceptors (Lipinski definition) is 3. The summed E-state index contributed by atoms with van der Waals surface area (Å²) in [6.07, 6.45) is 2.52. The topological polar surface area (TPSA) is 55.9 Å². The Morgan fingerprint density at radius 1 is 1.40 bits per heavy atom. The van der Waals surface area contributed by atoms with Crippen LogP contribution >= 0.6 is 11.6 Å². The van der Waals surface area contributed by atoms with Crippen LogP contribution in [0.5, 0.6) is 0 Å². The summed E-state index contributed by atoms with van der Waals surface area (Å²) >= 11 is 6.06. The molecule has 0 fully saturated rings. The number of benzene rings is 1. The molecular formula is C14H18ClFN4. The van der Waals surface area contributed by atoms with E-state index in [0.29, 0.717) is 17.5 Å². The number of hydrogen-bond donors (Lipinski definition) is 2. The fraction of sp³-hybridized carbons (Fsp3) is 0.357. The molecule has 0 spiro atoms. The zero-order valence-corrected chi connectivity index (χ0v) is 12.2. The van der Waals surface area contributed by atoms with E-state index in [4.69, 9.17) is 17.4 Å². The second kappa shape index (κ2) is 6.35. The molecular weight excluding hydrogens is 279 g/mol. The molecule has 1 atom stereocenters. The summed E-state index contributed by atoms with van der Waals surface area (Å²) in [5.74, 6) is 5.23. The zero-order chi connectivity index (χ0) is 14.7. The molecule has 0 radical (unpaired) electrons. The molecule has 0 saturated heterocycles. The first-order chi connectivity index (χ1) is 9.51. The molecule has 4 nitrogen and oxygen atoms in total. The molecule has 108 valence electrons. The van der Waals surface area contributed by atoms with E-state index in [1.165, 1.54) is 12.1 Å². The van der Waals surface area contributed by atoms with Crippen molar-refractivity contribution in [1.82, 2.24) is 15.2 Å². The van der Waals surface area contributed by atoms with E-state index in [1.807, 2.05) is 16.9 Å². The quantitative estimate of drug-likeness (QED) is 0.659. The summed E-state index contributed by atoms with van der Waals surface area (Å²) < 4.78 is 15.0. The van der Waals surface area contributed by atoms with E-state index in [9.17, 15) is 4.39 Å². The van der Waals surface area contributed by atoms with E-state index in [2.05, 4.69) is 24.4 Å². The van der Waals surface area contributed by atoms with E-state index >= 15 is 0 Å². The van der Waals surface area contributed by atoms with Gasteiger partial charge in [0.1, 0.15) is 5.82 Å². The molecule has 2 rings (SSSR count). The van der Waals surface area contributed by atoms with Crippen LogP contribution in [0.2, 0.25) is 5.02 Å². The maximum absolute atomic E-state index is 13.1. The van der Waals surface area contributed by atoms with Gasteiger partial charge in [0.15, 0.2) is 0 Å². The number of halogens is 2. The van der Waals surface area contributed by atoms with Gasteiger partial charge in [-0.3, -0.25) is 16.0 Å². The van der Waals surface area contributed by atoms with Crippen molar-refractivity contribution in [1.29, 1.82) is 0 Å². The third-order valence-corrected chi connectivity index (χ3v) is 3.47. The Morgan fingerprint density at radius 3 is 2.70 bits per heavy atom. The molecule has 0 aliphatic heterocycles. The first kappa shape index (κ1) is 15.0. The number of nitrogens with one attached hydrogen (secondary N) is 1. The van der Waals surface area contributed by atoms with Gasteiger partial charge >= 0.3 is 0 Å². The number of rotatable bonds is 5. The highest BCUT2D eigenvalue weighted by atomic mass is 35.5. The molecule has 0 aliphatic rings. The van der Waals surface area contributed by atoms with E-state index < -0.39 is 0 Å².